The molecule has 33 heavy (non-hydrogen) atoms. The molecule has 1 unspecified atom stereocenters. The Morgan fingerprint density at radius 3 is 2.45 bits per heavy atom. The van der Waals surface area contributed by atoms with Crippen molar-refractivity contribution < 1.29 is 22.8 Å². The minimum atomic E-state index is -4.51. The summed E-state index contributed by atoms with van der Waals surface area (Å²) in [7, 11) is 0. The predicted octanol–water partition coefficient (Wildman–Crippen LogP) is 5.17. The van der Waals surface area contributed by atoms with Crippen molar-refractivity contribution in [1.29, 1.82) is 0 Å². The first kappa shape index (κ1) is 23.1. The smallest absolute Gasteiger partial charge is 0.370 e. The summed E-state index contributed by atoms with van der Waals surface area (Å²) in [5, 5.41) is 2.74. The molecule has 2 aliphatic heterocycles. The van der Waals surface area contributed by atoms with Crippen molar-refractivity contribution in [3.63, 3.8) is 0 Å². The maximum atomic E-state index is 13.4. The van der Waals surface area contributed by atoms with Gasteiger partial charge in [-0.3, -0.25) is 9.59 Å². The summed E-state index contributed by atoms with van der Waals surface area (Å²) < 4.78 is 40.2. The van der Waals surface area contributed by atoms with Crippen molar-refractivity contribution in [2.75, 3.05) is 29.9 Å². The van der Waals surface area contributed by atoms with Crippen LogP contribution in [0.25, 0.3) is 0 Å². The van der Waals surface area contributed by atoms with Gasteiger partial charge in [0, 0.05) is 26.6 Å². The van der Waals surface area contributed by atoms with E-state index >= 15 is 0 Å². The number of halogens is 3. The number of amides is 2. The summed E-state index contributed by atoms with van der Waals surface area (Å²) in [5.74, 6) is -0.545. The van der Waals surface area contributed by atoms with E-state index in [1.54, 1.807) is 4.90 Å². The number of rotatable bonds is 4. The molecule has 2 aromatic carbocycles. The van der Waals surface area contributed by atoms with E-state index in [9.17, 15) is 22.8 Å². The molecule has 2 amide bonds. The van der Waals surface area contributed by atoms with Crippen molar-refractivity contribution in [2.24, 2.45) is 0 Å². The predicted molar refractivity (Wildman–Crippen MR) is 121 cm³/mol. The van der Waals surface area contributed by atoms with E-state index in [0.29, 0.717) is 18.7 Å². The molecule has 0 aliphatic carbocycles. The molecule has 0 spiro atoms. The second-order valence-corrected chi connectivity index (χ2v) is 8.71. The number of anilines is 2. The van der Waals surface area contributed by atoms with Gasteiger partial charge in [0.15, 0.2) is 0 Å². The number of nitrogens with zero attached hydrogens (tertiary/aromatic N) is 2. The third-order valence-electron chi connectivity index (χ3n) is 6.49. The van der Waals surface area contributed by atoms with Gasteiger partial charge in [0.05, 0.1) is 29.4 Å². The lowest BCUT2D eigenvalue weighted by molar-refractivity contribution is -0.137. The first-order chi connectivity index (χ1) is 15.7. The lowest BCUT2D eigenvalue weighted by atomic mass is 9.90. The van der Waals surface area contributed by atoms with Gasteiger partial charge in [-0.2, -0.15) is 13.2 Å². The summed E-state index contributed by atoms with van der Waals surface area (Å²) >= 11 is 0. The number of carbonyl (C=O) groups is 2. The number of benzene rings is 2. The third-order valence-corrected chi connectivity index (χ3v) is 6.49. The zero-order valence-corrected chi connectivity index (χ0v) is 18.6. The second-order valence-electron chi connectivity index (χ2n) is 8.71. The van der Waals surface area contributed by atoms with Crippen LogP contribution in [-0.2, 0) is 22.2 Å². The molecule has 176 valence electrons. The van der Waals surface area contributed by atoms with Gasteiger partial charge in [-0.1, -0.05) is 24.3 Å². The van der Waals surface area contributed by atoms with Crippen LogP contribution in [0.1, 0.15) is 55.3 Å². The van der Waals surface area contributed by atoms with Crippen LogP contribution >= 0.6 is 0 Å². The Kier molecular flexibility index (Phi) is 6.63. The number of alkyl halides is 3. The van der Waals surface area contributed by atoms with Gasteiger partial charge >= 0.3 is 6.18 Å². The molecule has 1 fully saturated rings. The van der Waals surface area contributed by atoms with Crippen LogP contribution in [0.4, 0.5) is 24.5 Å². The number of hydrogen-bond donors (Lipinski definition) is 1. The maximum absolute atomic E-state index is 13.4. The third kappa shape index (κ3) is 5.15. The minimum Gasteiger partial charge on any atom is -0.370 e. The van der Waals surface area contributed by atoms with Crippen LogP contribution in [0.3, 0.4) is 0 Å². The summed E-state index contributed by atoms with van der Waals surface area (Å²) in [6, 6.07) is 10.8. The van der Waals surface area contributed by atoms with Crippen LogP contribution in [0, 0.1) is 0 Å². The van der Waals surface area contributed by atoms with Gasteiger partial charge in [-0.05, 0) is 55.0 Å². The van der Waals surface area contributed by atoms with Gasteiger partial charge in [0.2, 0.25) is 11.8 Å². The van der Waals surface area contributed by atoms with E-state index in [1.165, 1.54) is 13.0 Å². The van der Waals surface area contributed by atoms with E-state index in [2.05, 4.69) is 5.32 Å². The maximum Gasteiger partial charge on any atom is 0.416 e. The monoisotopic (exact) mass is 459 g/mol. The fourth-order valence-electron chi connectivity index (χ4n) is 4.85. The highest BCUT2D eigenvalue weighted by Gasteiger charge is 2.33. The van der Waals surface area contributed by atoms with Crippen LogP contribution in [0.2, 0.25) is 0 Å². The van der Waals surface area contributed by atoms with Gasteiger partial charge in [0.1, 0.15) is 0 Å². The molecule has 0 aromatic heterocycles. The number of piperidine rings is 1. The van der Waals surface area contributed by atoms with Crippen molar-refractivity contribution in [3.05, 3.63) is 59.2 Å². The molecule has 0 radical (unpaired) electrons. The highest BCUT2D eigenvalue weighted by Crippen LogP contribution is 2.37. The van der Waals surface area contributed by atoms with Gasteiger partial charge in [-0.15, -0.1) is 0 Å². The summed E-state index contributed by atoms with van der Waals surface area (Å²) in [6.45, 7) is 3.46. The summed E-state index contributed by atoms with van der Waals surface area (Å²) in [5.41, 5.74) is 1.96. The number of fused-ring (bicyclic) bond motifs is 1. The Hall–Kier alpha value is -3.03. The minimum absolute atomic E-state index is 0.0215. The highest BCUT2D eigenvalue weighted by atomic mass is 19.4. The molecule has 1 atom stereocenters. The lowest BCUT2D eigenvalue weighted by Gasteiger charge is -2.36. The molecule has 2 aliphatic rings. The van der Waals surface area contributed by atoms with E-state index in [0.717, 1.165) is 55.6 Å². The Bertz CT molecular complexity index is 1030. The van der Waals surface area contributed by atoms with Gasteiger partial charge in [-0.25, -0.2) is 0 Å². The Morgan fingerprint density at radius 2 is 1.76 bits per heavy atom. The van der Waals surface area contributed by atoms with E-state index in [-0.39, 0.29) is 18.0 Å². The topological polar surface area (TPSA) is 52.7 Å². The van der Waals surface area contributed by atoms with Gasteiger partial charge in [0.25, 0.3) is 0 Å². The molecule has 5 nitrogen and oxygen atoms in total. The zero-order valence-electron chi connectivity index (χ0n) is 18.6. The normalized spacial score (nSPS) is 18.6. The lowest BCUT2D eigenvalue weighted by Crippen LogP contribution is -2.40. The fourth-order valence-corrected chi connectivity index (χ4v) is 4.85. The summed E-state index contributed by atoms with van der Waals surface area (Å²) in [6.07, 6.45) is -0.816. The molecule has 8 heteroatoms. The Labute approximate surface area is 191 Å². The first-order valence-electron chi connectivity index (χ1n) is 11.3. The zero-order chi connectivity index (χ0) is 23.6. The van der Waals surface area contributed by atoms with Crippen molar-refractivity contribution in [3.8, 4) is 0 Å². The molecular weight excluding hydrogens is 431 g/mol. The van der Waals surface area contributed by atoms with Gasteiger partial charge < -0.3 is 15.1 Å². The van der Waals surface area contributed by atoms with E-state index in [4.69, 9.17) is 0 Å². The molecule has 1 saturated heterocycles. The average Bonchev–Trinajstić information content (AvgIpc) is 2.79. The van der Waals surface area contributed by atoms with Crippen LogP contribution in [0.15, 0.2) is 42.5 Å². The van der Waals surface area contributed by atoms with E-state index < -0.39 is 23.7 Å². The second kappa shape index (κ2) is 9.45. The summed E-state index contributed by atoms with van der Waals surface area (Å²) in [4.78, 5) is 29.0. The van der Waals surface area contributed by atoms with Crippen LogP contribution < -0.4 is 10.2 Å². The molecule has 0 saturated carbocycles. The largest absolute Gasteiger partial charge is 0.416 e. The van der Waals surface area contributed by atoms with Crippen molar-refractivity contribution in [2.45, 2.75) is 51.2 Å². The molecule has 2 heterocycles. The number of hydrogen-bond acceptors (Lipinski definition) is 3. The fraction of sp³-hybridized carbons (Fsp3) is 0.440. The highest BCUT2D eigenvalue weighted by molar-refractivity contribution is 5.95. The number of carbonyl (C=O) groups excluding carboxylic acids is 2. The average molecular weight is 460 g/mol. The molecule has 0 bridgehead atoms. The van der Waals surface area contributed by atoms with E-state index in [1.807, 2.05) is 29.2 Å². The molecule has 2 aromatic rings. The van der Waals surface area contributed by atoms with Crippen molar-refractivity contribution in [1.82, 2.24) is 4.90 Å². The molecule has 1 N–H and O–H groups in total. The first-order valence-corrected chi connectivity index (χ1v) is 11.3. The Balaban J connectivity index is 1.61. The molecule has 4 rings (SSSR count). The quantitative estimate of drug-likeness (QED) is 0.686. The van der Waals surface area contributed by atoms with Crippen LogP contribution in [-0.4, -0.2) is 36.3 Å². The van der Waals surface area contributed by atoms with Crippen molar-refractivity contribution >= 4 is 23.2 Å². The van der Waals surface area contributed by atoms with Crippen LogP contribution in [0.5, 0.6) is 0 Å². The molecular formula is C25H28F3N3O2. The number of nitrogens with one attached hydrogen (secondary N) is 1. The standard InChI is InChI=1S/C25H28F3N3O2/c1-17(32)31-14-11-18-7-3-4-8-20(18)23(31)16-24(33)29-21-15-19(25(26,27)28)9-10-22(21)30-12-5-2-6-13-30/h3-4,7-10,15,23H,2,5-6,11-14,16H2,1H3,(H,29,33). The SMILES string of the molecule is CC(=O)N1CCc2ccccc2C1CC(=O)Nc1cc(C(F)(F)F)ccc1N1CCCCC1. The Morgan fingerprint density at radius 1 is 1.03 bits per heavy atom.